The zero-order chi connectivity index (χ0) is 29.9. The fourth-order valence-electron chi connectivity index (χ4n) is 5.28. The Hall–Kier alpha value is -4.24. The summed E-state index contributed by atoms with van der Waals surface area (Å²) in [6, 6.07) is 21.0. The summed E-state index contributed by atoms with van der Waals surface area (Å²) in [5.41, 5.74) is 4.91. The van der Waals surface area contributed by atoms with Gasteiger partial charge in [0, 0.05) is 56.3 Å². The highest BCUT2D eigenvalue weighted by Gasteiger charge is 2.24. The summed E-state index contributed by atoms with van der Waals surface area (Å²) in [5, 5.41) is 8.90. The lowest BCUT2D eigenvalue weighted by Crippen LogP contribution is -2.47. The number of likely N-dealkylation sites (N-methyl/N-ethyl adjacent to an activating group) is 1. The van der Waals surface area contributed by atoms with E-state index in [-0.39, 0.29) is 11.9 Å². The van der Waals surface area contributed by atoms with Crippen LogP contribution in [0.3, 0.4) is 0 Å². The van der Waals surface area contributed by atoms with Crippen LogP contribution in [0.5, 0.6) is 5.75 Å². The van der Waals surface area contributed by atoms with E-state index in [2.05, 4.69) is 57.5 Å². The number of rotatable bonds is 12. The Labute approximate surface area is 249 Å². The fraction of sp³-hybridized carbons (Fsp3) is 0.394. The fourth-order valence-corrected chi connectivity index (χ4v) is 5.28. The maximum atomic E-state index is 13.5. The van der Waals surface area contributed by atoms with Crippen molar-refractivity contribution in [3.63, 3.8) is 0 Å². The smallest absolute Gasteiger partial charge is 0.323 e. The number of urea groups is 1. The Morgan fingerprint density at radius 3 is 2.14 bits per heavy atom. The molecule has 4 rings (SSSR count). The van der Waals surface area contributed by atoms with Gasteiger partial charge in [-0.15, -0.1) is 0 Å². The van der Waals surface area contributed by atoms with Crippen LogP contribution < -0.4 is 30.5 Å². The van der Waals surface area contributed by atoms with E-state index in [1.807, 2.05) is 54.6 Å². The highest BCUT2D eigenvalue weighted by Crippen LogP contribution is 2.31. The largest absolute Gasteiger partial charge is 0.495 e. The van der Waals surface area contributed by atoms with Crippen LogP contribution in [0.15, 0.2) is 66.7 Å². The molecule has 3 N–H and O–H groups in total. The molecule has 42 heavy (non-hydrogen) atoms. The van der Waals surface area contributed by atoms with Crippen LogP contribution >= 0.6 is 0 Å². The zero-order valence-electron chi connectivity index (χ0n) is 25.3. The number of nitrogens with zero attached hydrogens (tertiary/aromatic N) is 3. The maximum absolute atomic E-state index is 13.5. The summed E-state index contributed by atoms with van der Waals surface area (Å²) in [6.45, 7) is 12.6. The van der Waals surface area contributed by atoms with E-state index in [0.717, 1.165) is 80.6 Å². The third-order valence-electron chi connectivity index (χ3n) is 7.75. The molecule has 1 heterocycles. The standard InChI is InChI=1S/C33H44N6O3/c1-5-25-11-10-12-26(23-25)35-33(41)36-27-15-16-29(28(24-27)32(40)34-17-18-37(6-2)7-3)38-19-21-39(22-20-38)30-13-8-9-14-31(30)42-4/h8-16,23-24H,5-7,17-22H2,1-4H3,(H,34,40)(H2,35,36,41). The van der Waals surface area contributed by atoms with Crippen molar-refractivity contribution < 1.29 is 14.3 Å². The van der Waals surface area contributed by atoms with Crippen LogP contribution in [0.4, 0.5) is 27.5 Å². The van der Waals surface area contributed by atoms with Gasteiger partial charge in [-0.3, -0.25) is 4.79 Å². The van der Waals surface area contributed by atoms with Crippen molar-refractivity contribution in [2.24, 2.45) is 0 Å². The first-order chi connectivity index (χ1) is 20.4. The van der Waals surface area contributed by atoms with Gasteiger partial charge in [0.15, 0.2) is 0 Å². The minimum absolute atomic E-state index is 0.149. The molecule has 9 heteroatoms. The van der Waals surface area contributed by atoms with Crippen molar-refractivity contribution in [3.8, 4) is 5.75 Å². The molecule has 0 unspecified atom stereocenters. The number of hydrogen-bond acceptors (Lipinski definition) is 6. The number of carbonyl (C=O) groups is 2. The Morgan fingerprint density at radius 1 is 0.810 bits per heavy atom. The summed E-state index contributed by atoms with van der Waals surface area (Å²) in [6.07, 6.45) is 0.887. The second kappa shape index (κ2) is 15.1. The predicted molar refractivity (Wildman–Crippen MR) is 172 cm³/mol. The molecule has 0 atom stereocenters. The predicted octanol–water partition coefficient (Wildman–Crippen LogP) is 5.30. The summed E-state index contributed by atoms with van der Waals surface area (Å²) >= 11 is 0. The van der Waals surface area contributed by atoms with Crippen molar-refractivity contribution in [3.05, 3.63) is 77.9 Å². The lowest BCUT2D eigenvalue weighted by molar-refractivity contribution is 0.0949. The van der Waals surface area contributed by atoms with Gasteiger partial charge in [-0.1, -0.05) is 45.0 Å². The molecule has 1 aliphatic heterocycles. The first-order valence-corrected chi connectivity index (χ1v) is 14.9. The molecule has 0 aliphatic carbocycles. The molecule has 1 fully saturated rings. The number of aryl methyl sites for hydroxylation is 1. The number of methoxy groups -OCH3 is 1. The SMILES string of the molecule is CCc1cccc(NC(=O)Nc2ccc(N3CCN(c4ccccc4OC)CC3)c(C(=O)NCCN(CC)CC)c2)c1. The van der Waals surface area contributed by atoms with E-state index in [0.29, 0.717) is 17.8 Å². The minimum atomic E-state index is -0.352. The van der Waals surface area contributed by atoms with Crippen molar-refractivity contribution in [2.75, 3.05) is 79.9 Å². The lowest BCUT2D eigenvalue weighted by Gasteiger charge is -2.38. The number of piperazine rings is 1. The normalized spacial score (nSPS) is 13.2. The molecule has 9 nitrogen and oxygen atoms in total. The molecule has 3 amide bonds. The van der Waals surface area contributed by atoms with Crippen molar-refractivity contribution in [2.45, 2.75) is 27.2 Å². The Morgan fingerprint density at radius 2 is 1.48 bits per heavy atom. The van der Waals surface area contributed by atoms with E-state index >= 15 is 0 Å². The number of anilines is 4. The molecule has 0 aromatic heterocycles. The number of para-hydroxylation sites is 2. The summed E-state index contributed by atoms with van der Waals surface area (Å²) in [7, 11) is 1.69. The number of ether oxygens (including phenoxy) is 1. The van der Waals surface area contributed by atoms with E-state index in [9.17, 15) is 9.59 Å². The van der Waals surface area contributed by atoms with Crippen molar-refractivity contribution >= 4 is 34.7 Å². The lowest BCUT2D eigenvalue weighted by atomic mass is 10.1. The highest BCUT2D eigenvalue weighted by atomic mass is 16.5. The molecular formula is C33H44N6O3. The van der Waals surface area contributed by atoms with Gasteiger partial charge in [-0.25, -0.2) is 4.79 Å². The monoisotopic (exact) mass is 572 g/mol. The Bertz CT molecular complexity index is 1330. The number of benzene rings is 3. The van der Waals surface area contributed by atoms with Gasteiger partial charge in [0.25, 0.3) is 5.91 Å². The Kier molecular flexibility index (Phi) is 11.1. The van der Waals surface area contributed by atoms with Gasteiger partial charge in [0.1, 0.15) is 5.75 Å². The van der Waals surface area contributed by atoms with Gasteiger partial charge in [0.05, 0.1) is 18.4 Å². The minimum Gasteiger partial charge on any atom is -0.495 e. The van der Waals surface area contributed by atoms with Gasteiger partial charge in [-0.2, -0.15) is 0 Å². The topological polar surface area (TPSA) is 89.2 Å². The quantitative estimate of drug-likeness (QED) is 0.273. The molecule has 224 valence electrons. The van der Waals surface area contributed by atoms with Gasteiger partial charge < -0.3 is 35.4 Å². The molecule has 0 radical (unpaired) electrons. The number of nitrogens with one attached hydrogen (secondary N) is 3. The van der Waals surface area contributed by atoms with Crippen LogP contribution in [-0.2, 0) is 6.42 Å². The van der Waals surface area contributed by atoms with Crippen LogP contribution in [0, 0.1) is 0 Å². The molecule has 0 spiro atoms. The summed E-state index contributed by atoms with van der Waals surface area (Å²) in [5.74, 6) is 0.707. The highest BCUT2D eigenvalue weighted by molar-refractivity contribution is 6.04. The molecule has 3 aromatic rings. The maximum Gasteiger partial charge on any atom is 0.323 e. The molecular weight excluding hydrogens is 528 g/mol. The van der Waals surface area contributed by atoms with Gasteiger partial charge in [-0.05, 0) is 67.5 Å². The second-order valence-corrected chi connectivity index (χ2v) is 10.3. The van der Waals surface area contributed by atoms with Gasteiger partial charge in [0.2, 0.25) is 0 Å². The number of carbonyl (C=O) groups excluding carboxylic acids is 2. The van der Waals surface area contributed by atoms with E-state index < -0.39 is 0 Å². The Balaban J connectivity index is 1.50. The van der Waals surface area contributed by atoms with Crippen molar-refractivity contribution in [1.29, 1.82) is 0 Å². The van der Waals surface area contributed by atoms with E-state index in [1.165, 1.54) is 0 Å². The average molecular weight is 573 g/mol. The van der Waals surface area contributed by atoms with E-state index in [4.69, 9.17) is 4.74 Å². The van der Waals surface area contributed by atoms with E-state index in [1.54, 1.807) is 13.2 Å². The third-order valence-corrected chi connectivity index (χ3v) is 7.75. The molecule has 0 saturated carbocycles. The van der Waals surface area contributed by atoms with Crippen LogP contribution in [0.2, 0.25) is 0 Å². The third kappa shape index (κ3) is 7.94. The summed E-state index contributed by atoms with van der Waals surface area (Å²) < 4.78 is 5.57. The number of amides is 3. The zero-order valence-corrected chi connectivity index (χ0v) is 25.3. The molecule has 0 bridgehead atoms. The molecule has 1 saturated heterocycles. The van der Waals surface area contributed by atoms with Gasteiger partial charge >= 0.3 is 6.03 Å². The molecule has 3 aromatic carbocycles. The second-order valence-electron chi connectivity index (χ2n) is 10.3. The van der Waals surface area contributed by atoms with Crippen LogP contribution in [-0.4, -0.2) is 76.3 Å². The molecule has 1 aliphatic rings. The van der Waals surface area contributed by atoms with Crippen LogP contribution in [0.25, 0.3) is 0 Å². The van der Waals surface area contributed by atoms with Crippen LogP contribution in [0.1, 0.15) is 36.7 Å². The summed E-state index contributed by atoms with van der Waals surface area (Å²) in [4.78, 5) is 33.2. The average Bonchev–Trinajstić information content (AvgIpc) is 3.03. The first kappa shape index (κ1) is 30.7. The first-order valence-electron chi connectivity index (χ1n) is 14.9. The van der Waals surface area contributed by atoms with Crippen molar-refractivity contribution in [1.82, 2.24) is 10.2 Å². The number of hydrogen-bond donors (Lipinski definition) is 3.